The maximum Gasteiger partial charge on any atom is 0.219 e. The van der Waals surface area contributed by atoms with E-state index in [4.69, 9.17) is 0 Å². The van der Waals surface area contributed by atoms with Crippen LogP contribution in [0.2, 0.25) is 0 Å². The Hall–Kier alpha value is -0.530. The molecule has 0 saturated carbocycles. The lowest BCUT2D eigenvalue weighted by molar-refractivity contribution is -0.121. The first kappa shape index (κ1) is 10.5. The second-order valence-corrected chi connectivity index (χ2v) is 3.28. The van der Waals surface area contributed by atoms with Crippen LogP contribution in [-0.4, -0.2) is 12.5 Å². The van der Waals surface area contributed by atoms with Gasteiger partial charge in [-0.1, -0.05) is 20.8 Å². The van der Waals surface area contributed by atoms with Gasteiger partial charge in [-0.2, -0.15) is 0 Å². The predicted octanol–water partition coefficient (Wildman–Crippen LogP) is 1.95. The van der Waals surface area contributed by atoms with Crippen LogP contribution in [-0.2, 0) is 4.79 Å². The first-order valence-corrected chi connectivity index (χ1v) is 4.43. The zero-order valence-electron chi connectivity index (χ0n) is 7.81. The topological polar surface area (TPSA) is 29.1 Å². The van der Waals surface area contributed by atoms with Gasteiger partial charge in [0.1, 0.15) is 0 Å². The fraction of sp³-hybridized carbons (Fsp3) is 0.889. The van der Waals surface area contributed by atoms with Gasteiger partial charge >= 0.3 is 0 Å². The average Bonchev–Trinajstić information content (AvgIpc) is 1.87. The van der Waals surface area contributed by atoms with E-state index in [2.05, 4.69) is 19.2 Å². The third-order valence-electron chi connectivity index (χ3n) is 1.52. The molecule has 0 aliphatic carbocycles. The maximum atomic E-state index is 10.9. The van der Waals surface area contributed by atoms with Crippen molar-refractivity contribution in [2.24, 2.45) is 5.92 Å². The molecule has 0 aliphatic heterocycles. The molecule has 0 fully saturated rings. The summed E-state index contributed by atoms with van der Waals surface area (Å²) < 4.78 is 0. The van der Waals surface area contributed by atoms with Gasteiger partial charge in [-0.3, -0.25) is 4.79 Å². The molecule has 0 bridgehead atoms. The highest BCUT2D eigenvalue weighted by Crippen LogP contribution is 1.96. The van der Waals surface area contributed by atoms with Gasteiger partial charge < -0.3 is 5.32 Å². The monoisotopic (exact) mass is 157 g/mol. The van der Waals surface area contributed by atoms with E-state index in [0.29, 0.717) is 12.3 Å². The summed E-state index contributed by atoms with van der Waals surface area (Å²) in [4.78, 5) is 10.9. The minimum absolute atomic E-state index is 0.188. The number of rotatable bonds is 5. The standard InChI is InChI=1S/C9H19NO/c1-4-5-9(11)10-7-6-8(2)3/h8H,4-7H2,1-3H3,(H,10,11). The van der Waals surface area contributed by atoms with Crippen LogP contribution in [0.1, 0.15) is 40.0 Å². The zero-order valence-corrected chi connectivity index (χ0v) is 7.81. The molecule has 0 aromatic carbocycles. The normalized spacial score (nSPS) is 10.2. The van der Waals surface area contributed by atoms with Gasteiger partial charge in [-0.25, -0.2) is 0 Å². The van der Waals surface area contributed by atoms with Crippen LogP contribution in [0.3, 0.4) is 0 Å². The van der Waals surface area contributed by atoms with Crippen molar-refractivity contribution in [3.63, 3.8) is 0 Å². The zero-order chi connectivity index (χ0) is 8.69. The average molecular weight is 157 g/mol. The van der Waals surface area contributed by atoms with Crippen LogP contribution in [0, 0.1) is 5.92 Å². The molecular weight excluding hydrogens is 138 g/mol. The molecule has 0 aromatic rings. The summed E-state index contributed by atoms with van der Waals surface area (Å²) in [6, 6.07) is 0. The minimum Gasteiger partial charge on any atom is -0.356 e. The highest BCUT2D eigenvalue weighted by atomic mass is 16.1. The molecule has 0 heterocycles. The van der Waals surface area contributed by atoms with Crippen molar-refractivity contribution in [3.05, 3.63) is 0 Å². The molecule has 0 saturated heterocycles. The van der Waals surface area contributed by atoms with Crippen molar-refractivity contribution in [2.45, 2.75) is 40.0 Å². The van der Waals surface area contributed by atoms with Gasteiger partial charge in [-0.15, -0.1) is 0 Å². The lowest BCUT2D eigenvalue weighted by Gasteiger charge is -2.05. The Morgan fingerprint density at radius 1 is 1.45 bits per heavy atom. The van der Waals surface area contributed by atoms with Crippen molar-refractivity contribution < 1.29 is 4.79 Å². The fourth-order valence-electron chi connectivity index (χ4n) is 0.816. The molecule has 2 heteroatoms. The van der Waals surface area contributed by atoms with Crippen LogP contribution in [0.25, 0.3) is 0 Å². The van der Waals surface area contributed by atoms with E-state index >= 15 is 0 Å². The molecule has 0 aliphatic rings. The van der Waals surface area contributed by atoms with Gasteiger partial charge in [0.2, 0.25) is 5.91 Å². The highest BCUT2D eigenvalue weighted by Gasteiger charge is 1.98. The summed E-state index contributed by atoms with van der Waals surface area (Å²) in [5.41, 5.74) is 0. The van der Waals surface area contributed by atoms with Gasteiger partial charge in [0.25, 0.3) is 0 Å². The first-order chi connectivity index (χ1) is 5.16. The van der Waals surface area contributed by atoms with E-state index in [0.717, 1.165) is 19.4 Å². The molecular formula is C9H19NO. The third kappa shape index (κ3) is 7.37. The van der Waals surface area contributed by atoms with Crippen molar-refractivity contribution in [1.29, 1.82) is 0 Å². The molecule has 0 atom stereocenters. The Morgan fingerprint density at radius 3 is 2.55 bits per heavy atom. The summed E-state index contributed by atoms with van der Waals surface area (Å²) in [5, 5.41) is 2.88. The third-order valence-corrected chi connectivity index (χ3v) is 1.52. The number of carbonyl (C=O) groups is 1. The molecule has 66 valence electrons. The van der Waals surface area contributed by atoms with Crippen LogP contribution < -0.4 is 5.32 Å². The molecule has 1 N–H and O–H groups in total. The summed E-state index contributed by atoms with van der Waals surface area (Å²) in [6.07, 6.45) is 2.68. The molecule has 0 rings (SSSR count). The van der Waals surface area contributed by atoms with Crippen molar-refractivity contribution in [2.75, 3.05) is 6.54 Å². The molecule has 1 amide bonds. The quantitative estimate of drug-likeness (QED) is 0.649. The molecule has 0 aromatic heterocycles. The molecule has 0 spiro atoms. The molecule has 11 heavy (non-hydrogen) atoms. The largest absolute Gasteiger partial charge is 0.356 e. The first-order valence-electron chi connectivity index (χ1n) is 4.43. The van der Waals surface area contributed by atoms with Crippen molar-refractivity contribution in [3.8, 4) is 0 Å². The Labute approximate surface area is 69.4 Å². The lowest BCUT2D eigenvalue weighted by Crippen LogP contribution is -2.24. The minimum atomic E-state index is 0.188. The second-order valence-electron chi connectivity index (χ2n) is 3.28. The Kier molecular flexibility index (Phi) is 5.90. The van der Waals surface area contributed by atoms with Gasteiger partial charge in [0.05, 0.1) is 0 Å². The number of carbonyl (C=O) groups excluding carboxylic acids is 1. The van der Waals surface area contributed by atoms with Gasteiger partial charge in [0, 0.05) is 13.0 Å². The number of amides is 1. The Balaban J connectivity index is 3.17. The van der Waals surface area contributed by atoms with E-state index in [1.165, 1.54) is 0 Å². The van der Waals surface area contributed by atoms with Crippen molar-refractivity contribution in [1.82, 2.24) is 5.32 Å². The highest BCUT2D eigenvalue weighted by molar-refractivity contribution is 5.75. The van der Waals surface area contributed by atoms with Crippen LogP contribution in [0.15, 0.2) is 0 Å². The van der Waals surface area contributed by atoms with Crippen LogP contribution in [0.4, 0.5) is 0 Å². The number of hydrogen-bond acceptors (Lipinski definition) is 1. The molecule has 0 unspecified atom stereocenters. The van der Waals surface area contributed by atoms with Crippen molar-refractivity contribution >= 4 is 5.91 Å². The van der Waals surface area contributed by atoms with E-state index in [1.807, 2.05) is 6.92 Å². The molecule has 2 nitrogen and oxygen atoms in total. The fourth-order valence-corrected chi connectivity index (χ4v) is 0.816. The van der Waals surface area contributed by atoms with Gasteiger partial charge in [-0.05, 0) is 18.8 Å². The van der Waals surface area contributed by atoms with E-state index < -0.39 is 0 Å². The lowest BCUT2D eigenvalue weighted by atomic mass is 10.1. The van der Waals surface area contributed by atoms with Crippen LogP contribution >= 0.6 is 0 Å². The Morgan fingerprint density at radius 2 is 2.09 bits per heavy atom. The number of nitrogens with one attached hydrogen (secondary N) is 1. The van der Waals surface area contributed by atoms with Gasteiger partial charge in [0.15, 0.2) is 0 Å². The van der Waals surface area contributed by atoms with Crippen LogP contribution in [0.5, 0.6) is 0 Å². The predicted molar refractivity (Wildman–Crippen MR) is 47.4 cm³/mol. The van der Waals surface area contributed by atoms with E-state index in [9.17, 15) is 4.79 Å². The van der Waals surface area contributed by atoms with E-state index in [1.54, 1.807) is 0 Å². The van der Waals surface area contributed by atoms with E-state index in [-0.39, 0.29) is 5.91 Å². The summed E-state index contributed by atoms with van der Waals surface area (Å²) in [7, 11) is 0. The summed E-state index contributed by atoms with van der Waals surface area (Å²) in [5.74, 6) is 0.866. The SMILES string of the molecule is CCCC(=O)NCCC(C)C. The Bertz CT molecular complexity index is 110. The smallest absolute Gasteiger partial charge is 0.219 e. The summed E-state index contributed by atoms with van der Waals surface area (Å²) in [6.45, 7) is 7.16. The maximum absolute atomic E-state index is 10.9. The number of hydrogen-bond donors (Lipinski definition) is 1. The molecule has 0 radical (unpaired) electrons. The summed E-state index contributed by atoms with van der Waals surface area (Å²) >= 11 is 0. The second kappa shape index (κ2) is 6.20.